The number of nitrogens with zero attached hydrogens (tertiary/aromatic N) is 4. The Hall–Kier alpha value is -2.22. The van der Waals surface area contributed by atoms with Crippen LogP contribution in [0.3, 0.4) is 0 Å². The number of likely N-dealkylation sites (tertiary alicyclic amines) is 1. The van der Waals surface area contributed by atoms with Crippen molar-refractivity contribution in [1.82, 2.24) is 19.9 Å². The van der Waals surface area contributed by atoms with Crippen molar-refractivity contribution in [3.05, 3.63) is 23.9 Å². The molecule has 0 aromatic carbocycles. The van der Waals surface area contributed by atoms with E-state index in [1.807, 2.05) is 24.0 Å². The fraction of sp³-hybridized carbons (Fsp3) is 0.727. The first-order valence-electron chi connectivity index (χ1n) is 11.3. The summed E-state index contributed by atoms with van der Waals surface area (Å²) in [5, 5.41) is 3.92. The van der Waals surface area contributed by atoms with Gasteiger partial charge < -0.3 is 19.1 Å². The zero-order chi connectivity index (χ0) is 20.9. The number of fused-ring (bicyclic) bond motifs is 1. The van der Waals surface area contributed by atoms with Gasteiger partial charge in [-0.05, 0) is 19.8 Å². The molecule has 3 fully saturated rings. The molecule has 2 bridgehead atoms. The average molecular weight is 415 g/mol. The summed E-state index contributed by atoms with van der Waals surface area (Å²) < 4.78 is 11.4. The summed E-state index contributed by atoms with van der Waals surface area (Å²) >= 11 is 0. The standard InChI is InChI=1S/C22H30N4O4/c1-3-25(12-17-23-14(2)30-24-17)20(27)18-16-10-11-22(29-16)13-26(21(28)19(18)22)15-8-6-4-5-7-9-15/h10-11,15-16,18-19H,3-9,12-13H2,1-2H3/t16-,18-,19-,22-/m0/s1. The fourth-order valence-corrected chi connectivity index (χ4v) is 5.82. The van der Waals surface area contributed by atoms with Gasteiger partial charge in [0.15, 0.2) is 5.82 Å². The predicted octanol–water partition coefficient (Wildman–Crippen LogP) is 2.23. The molecular weight excluding hydrogens is 384 g/mol. The molecule has 2 saturated heterocycles. The topological polar surface area (TPSA) is 88.8 Å². The molecule has 1 spiro atoms. The smallest absolute Gasteiger partial charge is 0.230 e. The summed E-state index contributed by atoms with van der Waals surface area (Å²) in [5.74, 6) is 0.0878. The van der Waals surface area contributed by atoms with E-state index in [1.54, 1.807) is 11.8 Å². The molecule has 3 aliphatic heterocycles. The van der Waals surface area contributed by atoms with Crippen LogP contribution in [0.2, 0.25) is 0 Å². The van der Waals surface area contributed by atoms with Crippen molar-refractivity contribution < 1.29 is 18.8 Å². The molecule has 1 aromatic rings. The summed E-state index contributed by atoms with van der Waals surface area (Å²) in [6.45, 7) is 5.03. The molecule has 1 aromatic heterocycles. The van der Waals surface area contributed by atoms with Crippen LogP contribution in [0.25, 0.3) is 0 Å². The minimum Gasteiger partial charge on any atom is -0.360 e. The highest BCUT2D eigenvalue weighted by Crippen LogP contribution is 2.53. The molecule has 30 heavy (non-hydrogen) atoms. The number of hydrogen-bond acceptors (Lipinski definition) is 6. The second-order valence-electron chi connectivity index (χ2n) is 9.09. The Kier molecular flexibility index (Phi) is 4.92. The number of aryl methyl sites for hydroxylation is 1. The van der Waals surface area contributed by atoms with Gasteiger partial charge in [0.05, 0.1) is 31.0 Å². The summed E-state index contributed by atoms with van der Waals surface area (Å²) in [5.41, 5.74) is -0.642. The number of ether oxygens (including phenoxy) is 1. The van der Waals surface area contributed by atoms with Crippen LogP contribution in [-0.2, 0) is 20.9 Å². The Morgan fingerprint density at radius 3 is 2.73 bits per heavy atom. The molecule has 0 N–H and O–H groups in total. The van der Waals surface area contributed by atoms with Gasteiger partial charge in [-0.3, -0.25) is 9.59 Å². The Morgan fingerprint density at radius 2 is 2.07 bits per heavy atom. The van der Waals surface area contributed by atoms with Crippen LogP contribution in [0.1, 0.15) is 57.2 Å². The van der Waals surface area contributed by atoms with Gasteiger partial charge in [0.2, 0.25) is 17.7 Å². The van der Waals surface area contributed by atoms with Crippen molar-refractivity contribution in [2.45, 2.75) is 76.7 Å². The summed E-state index contributed by atoms with van der Waals surface area (Å²) in [6, 6.07) is 0.274. The van der Waals surface area contributed by atoms with Gasteiger partial charge in [0.25, 0.3) is 0 Å². The number of carbonyl (C=O) groups is 2. The molecule has 8 heteroatoms. The minimum atomic E-state index is -0.642. The van der Waals surface area contributed by atoms with Crippen LogP contribution in [-0.4, -0.2) is 62.6 Å². The normalized spacial score (nSPS) is 33.2. The quantitative estimate of drug-likeness (QED) is 0.542. The largest absolute Gasteiger partial charge is 0.360 e. The average Bonchev–Trinajstić information content (AvgIpc) is 3.43. The zero-order valence-corrected chi connectivity index (χ0v) is 17.7. The van der Waals surface area contributed by atoms with E-state index in [2.05, 4.69) is 10.1 Å². The van der Waals surface area contributed by atoms with Crippen molar-refractivity contribution in [1.29, 1.82) is 0 Å². The third kappa shape index (κ3) is 3.07. The van der Waals surface area contributed by atoms with Gasteiger partial charge >= 0.3 is 0 Å². The first kappa shape index (κ1) is 19.7. The monoisotopic (exact) mass is 414 g/mol. The van der Waals surface area contributed by atoms with Crippen molar-refractivity contribution >= 4 is 11.8 Å². The van der Waals surface area contributed by atoms with Crippen LogP contribution in [0.5, 0.6) is 0 Å². The van der Waals surface area contributed by atoms with Gasteiger partial charge in [0, 0.05) is 19.5 Å². The lowest BCUT2D eigenvalue weighted by molar-refractivity contribution is -0.144. The summed E-state index contributed by atoms with van der Waals surface area (Å²) in [6.07, 6.45) is 10.6. The highest BCUT2D eigenvalue weighted by Gasteiger charge is 2.67. The van der Waals surface area contributed by atoms with Crippen LogP contribution in [0.4, 0.5) is 0 Å². The maximum absolute atomic E-state index is 13.6. The Balaban J connectivity index is 1.38. The number of hydrogen-bond donors (Lipinski definition) is 0. The highest BCUT2D eigenvalue weighted by molar-refractivity contribution is 5.93. The molecule has 162 valence electrons. The van der Waals surface area contributed by atoms with E-state index >= 15 is 0 Å². The molecule has 4 aliphatic rings. The van der Waals surface area contributed by atoms with Gasteiger partial charge in [-0.1, -0.05) is 43.0 Å². The van der Waals surface area contributed by atoms with E-state index in [1.165, 1.54) is 25.7 Å². The molecule has 4 atom stereocenters. The second kappa shape index (κ2) is 7.48. The van der Waals surface area contributed by atoms with E-state index in [0.717, 1.165) is 12.8 Å². The SMILES string of the molecule is CCN(Cc1noc(C)n1)C(=O)[C@H]1[C@@H]2C=C[C@@]3(CN(C4CCCCCC4)C(=O)[C@H]13)O2. The Bertz CT molecular complexity index is 859. The van der Waals surface area contributed by atoms with E-state index in [0.29, 0.717) is 24.8 Å². The lowest BCUT2D eigenvalue weighted by Crippen LogP contribution is -2.46. The molecule has 2 amide bonds. The van der Waals surface area contributed by atoms with Gasteiger partial charge in [-0.2, -0.15) is 4.98 Å². The van der Waals surface area contributed by atoms with Crippen LogP contribution < -0.4 is 0 Å². The number of aromatic nitrogens is 2. The minimum absolute atomic E-state index is 0.0581. The number of carbonyl (C=O) groups excluding carboxylic acids is 2. The van der Waals surface area contributed by atoms with Crippen LogP contribution in [0.15, 0.2) is 16.7 Å². The molecule has 0 unspecified atom stereocenters. The maximum atomic E-state index is 13.6. The first-order chi connectivity index (χ1) is 14.5. The van der Waals surface area contributed by atoms with E-state index < -0.39 is 17.4 Å². The molecule has 1 saturated carbocycles. The number of amides is 2. The third-order valence-corrected chi connectivity index (χ3v) is 7.28. The maximum Gasteiger partial charge on any atom is 0.230 e. The summed E-state index contributed by atoms with van der Waals surface area (Å²) in [7, 11) is 0. The Labute approximate surface area is 176 Å². The lowest BCUT2D eigenvalue weighted by atomic mass is 9.76. The molecule has 1 aliphatic carbocycles. The van der Waals surface area contributed by atoms with Gasteiger partial charge in [-0.15, -0.1) is 0 Å². The molecule has 8 nitrogen and oxygen atoms in total. The van der Waals surface area contributed by atoms with E-state index in [4.69, 9.17) is 9.26 Å². The molecular formula is C22H30N4O4. The van der Waals surface area contributed by atoms with Crippen LogP contribution >= 0.6 is 0 Å². The van der Waals surface area contributed by atoms with Crippen molar-refractivity contribution in [3.8, 4) is 0 Å². The second-order valence-corrected chi connectivity index (χ2v) is 9.09. The summed E-state index contributed by atoms with van der Waals surface area (Å²) in [4.78, 5) is 35.1. The van der Waals surface area contributed by atoms with Crippen molar-refractivity contribution in [3.63, 3.8) is 0 Å². The molecule has 0 radical (unpaired) electrons. The van der Waals surface area contributed by atoms with Crippen molar-refractivity contribution in [2.75, 3.05) is 13.1 Å². The van der Waals surface area contributed by atoms with Gasteiger partial charge in [-0.25, -0.2) is 0 Å². The lowest BCUT2D eigenvalue weighted by Gasteiger charge is -2.30. The van der Waals surface area contributed by atoms with E-state index in [9.17, 15) is 9.59 Å². The molecule has 4 heterocycles. The van der Waals surface area contributed by atoms with Gasteiger partial charge in [0.1, 0.15) is 5.60 Å². The highest BCUT2D eigenvalue weighted by atomic mass is 16.5. The fourth-order valence-electron chi connectivity index (χ4n) is 5.82. The van der Waals surface area contributed by atoms with Crippen LogP contribution in [0, 0.1) is 18.8 Å². The number of rotatable bonds is 5. The predicted molar refractivity (Wildman–Crippen MR) is 107 cm³/mol. The zero-order valence-electron chi connectivity index (χ0n) is 17.7. The Morgan fingerprint density at radius 1 is 1.30 bits per heavy atom. The van der Waals surface area contributed by atoms with Crippen molar-refractivity contribution in [2.24, 2.45) is 11.8 Å². The third-order valence-electron chi connectivity index (χ3n) is 7.28. The molecule has 5 rings (SSSR count). The first-order valence-corrected chi connectivity index (χ1v) is 11.3. The van der Waals surface area contributed by atoms with E-state index in [-0.39, 0.29) is 30.5 Å².